The van der Waals surface area contributed by atoms with Gasteiger partial charge in [0.25, 0.3) is 5.91 Å². The molecule has 2 aromatic rings. The van der Waals surface area contributed by atoms with Gasteiger partial charge in [-0.25, -0.2) is 4.98 Å². The third-order valence-electron chi connectivity index (χ3n) is 3.85. The number of ether oxygens (including phenoxy) is 1. The zero-order chi connectivity index (χ0) is 16.4. The van der Waals surface area contributed by atoms with Gasteiger partial charge in [0.15, 0.2) is 0 Å². The van der Waals surface area contributed by atoms with Crippen LogP contribution in [0.25, 0.3) is 0 Å². The van der Waals surface area contributed by atoms with Gasteiger partial charge in [-0.2, -0.15) is 0 Å². The number of carbonyl (C=O) groups excluding carboxylic acids is 1. The monoisotopic (exact) mass is 332 g/mol. The minimum atomic E-state index is -0.329. The largest absolute Gasteiger partial charge is 0.382 e. The SMILES string of the molecule is CC(C)c1cc(C(=O)N2CCO[C@@H](c3nccnc3N)C2)cs1. The number of aromatic nitrogens is 2. The summed E-state index contributed by atoms with van der Waals surface area (Å²) in [4.78, 5) is 24.0. The van der Waals surface area contributed by atoms with E-state index in [2.05, 4.69) is 23.8 Å². The van der Waals surface area contributed by atoms with Gasteiger partial charge in [-0.1, -0.05) is 13.8 Å². The maximum absolute atomic E-state index is 12.7. The van der Waals surface area contributed by atoms with E-state index in [9.17, 15) is 4.79 Å². The van der Waals surface area contributed by atoms with Crippen LogP contribution < -0.4 is 5.73 Å². The lowest BCUT2D eigenvalue weighted by Gasteiger charge is -2.32. The van der Waals surface area contributed by atoms with Crippen molar-refractivity contribution in [1.82, 2.24) is 14.9 Å². The highest BCUT2D eigenvalue weighted by Gasteiger charge is 2.29. The third-order valence-corrected chi connectivity index (χ3v) is 5.08. The molecule has 0 aliphatic carbocycles. The van der Waals surface area contributed by atoms with Gasteiger partial charge >= 0.3 is 0 Å². The van der Waals surface area contributed by atoms with Crippen LogP contribution in [-0.2, 0) is 4.74 Å². The number of nitrogen functional groups attached to an aromatic ring is 1. The van der Waals surface area contributed by atoms with E-state index in [1.807, 2.05) is 11.4 Å². The quantitative estimate of drug-likeness (QED) is 0.934. The van der Waals surface area contributed by atoms with Crippen molar-refractivity contribution in [3.8, 4) is 0 Å². The molecule has 0 bridgehead atoms. The number of anilines is 1. The lowest BCUT2D eigenvalue weighted by atomic mass is 10.1. The van der Waals surface area contributed by atoms with E-state index in [0.717, 1.165) is 5.56 Å². The van der Waals surface area contributed by atoms with Crippen LogP contribution in [0.15, 0.2) is 23.8 Å². The number of thiophene rings is 1. The molecule has 2 N–H and O–H groups in total. The summed E-state index contributed by atoms with van der Waals surface area (Å²) in [6.45, 7) is 5.73. The van der Waals surface area contributed by atoms with Gasteiger partial charge in [0.1, 0.15) is 17.6 Å². The van der Waals surface area contributed by atoms with Crippen molar-refractivity contribution in [1.29, 1.82) is 0 Å². The van der Waals surface area contributed by atoms with Crippen molar-refractivity contribution in [3.63, 3.8) is 0 Å². The van der Waals surface area contributed by atoms with Crippen molar-refractivity contribution in [2.45, 2.75) is 25.9 Å². The summed E-state index contributed by atoms with van der Waals surface area (Å²) >= 11 is 1.63. The van der Waals surface area contributed by atoms with Crippen molar-refractivity contribution >= 4 is 23.1 Å². The number of amides is 1. The Hall–Kier alpha value is -1.99. The highest BCUT2D eigenvalue weighted by atomic mass is 32.1. The molecule has 0 spiro atoms. The standard InChI is InChI=1S/C16H20N4O2S/c1-10(2)13-7-11(9-23-13)16(21)20-5-6-22-12(8-20)14-15(17)19-4-3-18-14/h3-4,7,9-10,12H,5-6,8H2,1-2H3,(H2,17,19)/t12-/m1/s1. The Morgan fingerprint density at radius 1 is 1.43 bits per heavy atom. The number of nitrogens with zero attached hydrogens (tertiary/aromatic N) is 3. The van der Waals surface area contributed by atoms with Gasteiger partial charge in [0, 0.05) is 29.2 Å². The zero-order valence-corrected chi connectivity index (χ0v) is 14.0. The molecule has 3 rings (SSSR count). The summed E-state index contributed by atoms with van der Waals surface area (Å²) in [5.74, 6) is 0.812. The van der Waals surface area contributed by atoms with E-state index in [1.165, 1.54) is 4.88 Å². The molecule has 0 saturated carbocycles. The van der Waals surface area contributed by atoms with Crippen molar-refractivity contribution < 1.29 is 9.53 Å². The zero-order valence-electron chi connectivity index (χ0n) is 13.2. The molecular formula is C16H20N4O2S. The molecule has 0 radical (unpaired) electrons. The van der Waals surface area contributed by atoms with Gasteiger partial charge < -0.3 is 15.4 Å². The van der Waals surface area contributed by atoms with Crippen LogP contribution in [-0.4, -0.2) is 40.5 Å². The molecule has 3 heterocycles. The van der Waals surface area contributed by atoms with Crippen LogP contribution in [0.4, 0.5) is 5.82 Å². The molecule has 1 amide bonds. The summed E-state index contributed by atoms with van der Waals surface area (Å²) in [7, 11) is 0. The van der Waals surface area contributed by atoms with Crippen molar-refractivity contribution in [2.24, 2.45) is 0 Å². The molecule has 6 nitrogen and oxygen atoms in total. The van der Waals surface area contributed by atoms with E-state index in [0.29, 0.717) is 37.1 Å². The number of hydrogen-bond acceptors (Lipinski definition) is 6. The number of rotatable bonds is 3. The molecule has 7 heteroatoms. The molecule has 1 fully saturated rings. The second-order valence-corrected chi connectivity index (χ2v) is 6.77. The number of morpholine rings is 1. The molecule has 0 unspecified atom stereocenters. The number of carbonyl (C=O) groups is 1. The minimum Gasteiger partial charge on any atom is -0.382 e. The molecule has 1 saturated heterocycles. The number of nitrogens with two attached hydrogens (primary N) is 1. The molecule has 1 atom stereocenters. The molecule has 1 aliphatic rings. The van der Waals surface area contributed by atoms with E-state index in [4.69, 9.17) is 10.5 Å². The first-order valence-electron chi connectivity index (χ1n) is 7.62. The van der Waals surface area contributed by atoms with Crippen LogP contribution >= 0.6 is 11.3 Å². The van der Waals surface area contributed by atoms with Crippen LogP contribution in [0.1, 0.15) is 46.8 Å². The number of hydrogen-bond donors (Lipinski definition) is 1. The summed E-state index contributed by atoms with van der Waals surface area (Å²) in [6, 6.07) is 1.98. The van der Waals surface area contributed by atoms with Crippen molar-refractivity contribution in [3.05, 3.63) is 40.0 Å². The second kappa shape index (κ2) is 6.64. The smallest absolute Gasteiger partial charge is 0.254 e. The first-order valence-corrected chi connectivity index (χ1v) is 8.50. The average Bonchev–Trinajstić information content (AvgIpc) is 3.05. The maximum atomic E-state index is 12.7. The van der Waals surface area contributed by atoms with E-state index in [-0.39, 0.29) is 12.0 Å². The molecule has 1 aliphatic heterocycles. The maximum Gasteiger partial charge on any atom is 0.254 e. The first kappa shape index (κ1) is 15.9. The van der Waals surface area contributed by atoms with Crippen LogP contribution in [0.5, 0.6) is 0 Å². The van der Waals surface area contributed by atoms with Crippen LogP contribution in [0.2, 0.25) is 0 Å². The van der Waals surface area contributed by atoms with Crippen LogP contribution in [0.3, 0.4) is 0 Å². The van der Waals surface area contributed by atoms with Gasteiger partial charge in [0.05, 0.1) is 18.7 Å². The Balaban J connectivity index is 1.75. The first-order chi connectivity index (χ1) is 11.1. The minimum absolute atomic E-state index is 0.0314. The van der Waals surface area contributed by atoms with E-state index >= 15 is 0 Å². The van der Waals surface area contributed by atoms with Gasteiger partial charge in [-0.15, -0.1) is 11.3 Å². The normalized spacial score (nSPS) is 18.4. The third kappa shape index (κ3) is 3.35. The Morgan fingerprint density at radius 2 is 2.22 bits per heavy atom. The summed E-state index contributed by atoms with van der Waals surface area (Å²) < 4.78 is 5.73. The van der Waals surface area contributed by atoms with Crippen molar-refractivity contribution in [2.75, 3.05) is 25.4 Å². The van der Waals surface area contributed by atoms with Gasteiger partial charge in [0.2, 0.25) is 0 Å². The van der Waals surface area contributed by atoms with E-state index < -0.39 is 0 Å². The fourth-order valence-corrected chi connectivity index (χ4v) is 3.46. The molecule has 23 heavy (non-hydrogen) atoms. The topological polar surface area (TPSA) is 81.3 Å². The lowest BCUT2D eigenvalue weighted by Crippen LogP contribution is -2.42. The lowest BCUT2D eigenvalue weighted by molar-refractivity contribution is -0.0244. The predicted octanol–water partition coefficient (Wildman–Crippen LogP) is 2.46. The summed E-state index contributed by atoms with van der Waals surface area (Å²) in [5, 5.41) is 1.93. The fraction of sp³-hybridized carbons (Fsp3) is 0.438. The molecular weight excluding hydrogens is 312 g/mol. The van der Waals surface area contributed by atoms with E-state index in [1.54, 1.807) is 28.6 Å². The highest BCUT2D eigenvalue weighted by Crippen LogP contribution is 2.27. The summed E-state index contributed by atoms with van der Waals surface area (Å²) in [6.07, 6.45) is 2.80. The fourth-order valence-electron chi connectivity index (χ4n) is 2.56. The Bertz CT molecular complexity index is 701. The molecule has 122 valence electrons. The highest BCUT2D eigenvalue weighted by molar-refractivity contribution is 7.10. The predicted molar refractivity (Wildman–Crippen MR) is 89.4 cm³/mol. The molecule has 0 aromatic carbocycles. The molecule has 2 aromatic heterocycles. The Kier molecular flexibility index (Phi) is 4.58. The van der Waals surface area contributed by atoms with Crippen LogP contribution in [0, 0.1) is 0 Å². The second-order valence-electron chi connectivity index (χ2n) is 5.83. The Morgan fingerprint density at radius 3 is 2.91 bits per heavy atom. The summed E-state index contributed by atoms with van der Waals surface area (Å²) in [5.41, 5.74) is 7.20. The Labute approximate surface area is 139 Å². The van der Waals surface area contributed by atoms with Gasteiger partial charge in [-0.05, 0) is 12.0 Å². The van der Waals surface area contributed by atoms with Gasteiger partial charge in [-0.3, -0.25) is 9.78 Å². The average molecular weight is 332 g/mol.